The van der Waals surface area contributed by atoms with Crippen molar-refractivity contribution in [3.63, 3.8) is 0 Å². The van der Waals surface area contributed by atoms with Crippen molar-refractivity contribution in [3.8, 4) is 0 Å². The Morgan fingerprint density at radius 1 is 1.38 bits per heavy atom. The minimum atomic E-state index is 0.196. The molecule has 0 aromatic heterocycles. The van der Waals surface area contributed by atoms with E-state index < -0.39 is 0 Å². The molecule has 8 heavy (non-hydrogen) atoms. The molecule has 1 unspecified atom stereocenters. The zero-order valence-electron chi connectivity index (χ0n) is 4.03. The number of hydrogen-bond acceptors (Lipinski definition) is 2. The van der Waals surface area contributed by atoms with E-state index >= 15 is 0 Å². The van der Waals surface area contributed by atoms with Gasteiger partial charge < -0.3 is 0 Å². The molecule has 0 saturated heterocycles. The average molecular weight is 195 g/mol. The van der Waals surface area contributed by atoms with E-state index in [0.717, 1.165) is 7.27 Å². The van der Waals surface area contributed by atoms with E-state index in [4.69, 9.17) is 3.97 Å². The summed E-state index contributed by atoms with van der Waals surface area (Å²) in [6.07, 6.45) is 5.30. The van der Waals surface area contributed by atoms with Crippen molar-refractivity contribution in [1.82, 2.24) is 0 Å². The second-order valence-corrected chi connectivity index (χ2v) is 4.61. The summed E-state index contributed by atoms with van der Waals surface area (Å²) in [6.45, 7) is 0. The predicted octanol–water partition coefficient (Wildman–Crippen LogP) is 1.19. The molecule has 2 nitrogen and oxygen atoms in total. The second kappa shape index (κ2) is 4.11. The second-order valence-electron chi connectivity index (χ2n) is 1.05. The normalized spacial score (nSPS) is 30.0. The predicted molar refractivity (Wildman–Crippen MR) is 34.5 cm³/mol. The Balaban J connectivity index is 2.33. The van der Waals surface area contributed by atoms with Crippen molar-refractivity contribution in [2.45, 2.75) is 0 Å². The van der Waals surface area contributed by atoms with E-state index in [0.29, 0.717) is 0 Å². The fourth-order valence-electron chi connectivity index (χ4n) is 0.262. The van der Waals surface area contributed by atoms with Crippen LogP contribution in [0.25, 0.3) is 0 Å². The molecule has 1 aliphatic heterocycles. The Hall–Kier alpha value is 0.189. The molecule has 0 aliphatic carbocycles. The third-order valence-corrected chi connectivity index (χ3v) is 3.08. The number of allylic oxidation sites excluding steroid dienone is 2. The Labute approximate surface area is 55.7 Å². The molecular weight excluding hydrogens is 190 g/mol. The fraction of sp³-hybridized carbons (Fsp3) is 0. The Morgan fingerprint density at radius 2 is 2.38 bits per heavy atom. The fourth-order valence-corrected chi connectivity index (χ4v) is 2.02. The van der Waals surface area contributed by atoms with Gasteiger partial charge in [0.05, 0.1) is 0 Å². The monoisotopic (exact) mass is 196 g/mol. The molecule has 0 N–H and O–H groups in total. The van der Waals surface area contributed by atoms with Gasteiger partial charge in [-0.3, -0.25) is 0 Å². The Morgan fingerprint density at radius 3 is 3.38 bits per heavy atom. The summed E-state index contributed by atoms with van der Waals surface area (Å²) in [6, 6.07) is 0. The molecule has 1 rings (SSSR count). The van der Waals surface area contributed by atoms with Gasteiger partial charge in [-0.2, -0.15) is 0 Å². The Kier molecular flexibility index (Phi) is 3.24. The molecule has 0 aromatic rings. The summed E-state index contributed by atoms with van der Waals surface area (Å²) in [5, 5.41) is 0. The molecule has 0 amide bonds. The molecule has 0 bridgehead atoms. The maximum absolute atomic E-state index is 4.71. The van der Waals surface area contributed by atoms with Crippen LogP contribution in [-0.2, 0) is 8.86 Å². The summed E-state index contributed by atoms with van der Waals surface area (Å²) in [5.41, 5.74) is 0. The molecule has 1 heterocycles. The molecule has 4 heteroatoms. The molecule has 1 aliphatic rings. The molecular formula is C4H5O2PSe. The molecule has 0 aromatic carbocycles. The van der Waals surface area contributed by atoms with Gasteiger partial charge in [0.2, 0.25) is 0 Å². The summed E-state index contributed by atoms with van der Waals surface area (Å²) in [4.78, 5) is 4.58. The average Bonchev–Trinajstić information content (AvgIpc) is 1.62. The molecule has 0 saturated carbocycles. The maximum atomic E-state index is 4.71. The minimum absolute atomic E-state index is 0.196. The van der Waals surface area contributed by atoms with Crippen LogP contribution in [0.15, 0.2) is 24.2 Å². The first-order valence-electron chi connectivity index (χ1n) is 2.06. The summed E-state index contributed by atoms with van der Waals surface area (Å²) < 4.78 is 4.71. The van der Waals surface area contributed by atoms with Gasteiger partial charge >= 0.3 is 55.2 Å². The van der Waals surface area contributed by atoms with Gasteiger partial charge in [0, 0.05) is 0 Å². The van der Waals surface area contributed by atoms with E-state index in [1.165, 1.54) is 6.26 Å². The zero-order chi connectivity index (χ0) is 5.66. The Bertz CT molecular complexity index is 98.6. The van der Waals surface area contributed by atoms with Crippen molar-refractivity contribution in [2.75, 3.05) is 0 Å². The standard InChI is InChI=1S/C4H5O2PSe/c1-2-4-7-8-6-5-3-1/h1-4,7H/b3-1-,4-2-. The SMILES string of the molecule is C1=C\OO[Se]P\C=C/1. The summed E-state index contributed by atoms with van der Waals surface area (Å²) in [7, 11) is 0.774. The number of rotatable bonds is 0. The quantitative estimate of drug-likeness (QED) is 0.328. The molecule has 44 valence electrons. The van der Waals surface area contributed by atoms with Crippen molar-refractivity contribution >= 4 is 22.1 Å². The van der Waals surface area contributed by atoms with Crippen LogP contribution in [-0.4, -0.2) is 14.8 Å². The van der Waals surface area contributed by atoms with Crippen LogP contribution < -0.4 is 0 Å². The van der Waals surface area contributed by atoms with E-state index in [1.807, 2.05) is 12.2 Å². The summed E-state index contributed by atoms with van der Waals surface area (Å²) >= 11 is 0.196. The summed E-state index contributed by atoms with van der Waals surface area (Å²) in [5.74, 6) is 2.08. The van der Waals surface area contributed by atoms with Crippen LogP contribution in [0.5, 0.6) is 0 Å². The van der Waals surface area contributed by atoms with Crippen LogP contribution in [0.1, 0.15) is 0 Å². The van der Waals surface area contributed by atoms with Crippen LogP contribution in [0.4, 0.5) is 0 Å². The zero-order valence-corrected chi connectivity index (χ0v) is 6.75. The first kappa shape index (κ1) is 6.31. The molecule has 1 atom stereocenters. The number of hydrogen-bond donors (Lipinski definition) is 0. The topological polar surface area (TPSA) is 18.5 Å². The van der Waals surface area contributed by atoms with Gasteiger partial charge in [0.1, 0.15) is 0 Å². The van der Waals surface area contributed by atoms with Gasteiger partial charge in [-0.25, -0.2) is 0 Å². The molecule has 0 fully saturated rings. The van der Waals surface area contributed by atoms with Crippen LogP contribution in [0.2, 0.25) is 0 Å². The first-order valence-corrected chi connectivity index (χ1v) is 6.32. The van der Waals surface area contributed by atoms with E-state index in [-0.39, 0.29) is 14.8 Å². The molecule has 0 spiro atoms. The van der Waals surface area contributed by atoms with Gasteiger partial charge in [0.15, 0.2) is 0 Å². The van der Waals surface area contributed by atoms with Crippen LogP contribution in [0, 0.1) is 0 Å². The van der Waals surface area contributed by atoms with E-state index in [1.54, 1.807) is 0 Å². The van der Waals surface area contributed by atoms with Crippen LogP contribution in [0.3, 0.4) is 0 Å². The van der Waals surface area contributed by atoms with Gasteiger partial charge in [-0.05, 0) is 0 Å². The van der Waals surface area contributed by atoms with E-state index in [2.05, 4.69) is 10.7 Å². The third-order valence-electron chi connectivity index (χ3n) is 0.531. The van der Waals surface area contributed by atoms with Crippen molar-refractivity contribution in [2.24, 2.45) is 0 Å². The van der Waals surface area contributed by atoms with Crippen molar-refractivity contribution < 1.29 is 8.86 Å². The van der Waals surface area contributed by atoms with Gasteiger partial charge in [0.25, 0.3) is 0 Å². The van der Waals surface area contributed by atoms with Gasteiger partial charge in [-0.1, -0.05) is 0 Å². The first-order chi connectivity index (χ1) is 4.00. The third kappa shape index (κ3) is 2.49. The molecule has 0 radical (unpaired) electrons. The van der Waals surface area contributed by atoms with Crippen LogP contribution >= 0.6 is 7.27 Å². The van der Waals surface area contributed by atoms with Crippen molar-refractivity contribution in [3.05, 3.63) is 24.2 Å². The van der Waals surface area contributed by atoms with Crippen molar-refractivity contribution in [1.29, 1.82) is 0 Å². The van der Waals surface area contributed by atoms with E-state index in [9.17, 15) is 0 Å². The van der Waals surface area contributed by atoms with Gasteiger partial charge in [-0.15, -0.1) is 0 Å².